The Kier molecular flexibility index (Phi) is 7.03. The van der Waals surface area contributed by atoms with E-state index >= 15 is 0 Å². The third-order valence-electron chi connectivity index (χ3n) is 5.97. The molecule has 1 N–H and O–H groups in total. The van der Waals surface area contributed by atoms with Gasteiger partial charge in [-0.3, -0.25) is 0 Å². The Morgan fingerprint density at radius 2 is 1.71 bits per heavy atom. The van der Waals surface area contributed by atoms with Gasteiger partial charge in [-0.2, -0.15) is 0 Å². The molecule has 0 fully saturated rings. The number of nitrogens with zero attached hydrogens (tertiary/aromatic N) is 1. The van der Waals surface area contributed by atoms with E-state index in [-0.39, 0.29) is 17.8 Å². The number of hydrogen-bond donors (Lipinski definition) is 1. The quantitative estimate of drug-likeness (QED) is 0.345. The second kappa shape index (κ2) is 9.92. The highest BCUT2D eigenvalue weighted by molar-refractivity contribution is 7.18. The molecule has 3 nitrogen and oxygen atoms in total. The molecule has 3 aromatic carbocycles. The van der Waals surface area contributed by atoms with Gasteiger partial charge < -0.3 is 10.1 Å². The van der Waals surface area contributed by atoms with Crippen LogP contribution < -0.4 is 5.32 Å². The number of thiazole rings is 1. The molecule has 0 spiro atoms. The number of para-hydroxylation sites is 1. The van der Waals surface area contributed by atoms with Crippen molar-refractivity contribution in [3.05, 3.63) is 101 Å². The van der Waals surface area contributed by atoms with Gasteiger partial charge in [-0.1, -0.05) is 66.7 Å². The standard InChI is InChI=1S/C26H26N2OS.ClH/c1-2-9-20(10-3-1)17-27-16-8-15-26(19-29-18-21-11-4-5-12-22(21)26)25-28-23-13-6-7-14-24(23)30-25;/h1-7,9-14,27H,8,15-19H2;1H. The van der Waals surface area contributed by atoms with E-state index < -0.39 is 0 Å². The zero-order valence-electron chi connectivity index (χ0n) is 17.4. The molecule has 31 heavy (non-hydrogen) atoms. The first-order valence-corrected chi connectivity index (χ1v) is 11.4. The monoisotopic (exact) mass is 450 g/mol. The topological polar surface area (TPSA) is 34.2 Å². The van der Waals surface area contributed by atoms with Gasteiger partial charge in [-0.25, -0.2) is 4.98 Å². The number of benzene rings is 3. The Morgan fingerprint density at radius 3 is 2.58 bits per heavy atom. The molecule has 4 aromatic rings. The Labute approximate surface area is 193 Å². The average Bonchev–Trinajstić information content (AvgIpc) is 3.24. The molecule has 1 aromatic heterocycles. The van der Waals surface area contributed by atoms with E-state index in [1.165, 1.54) is 26.4 Å². The second-order valence-corrected chi connectivity index (χ2v) is 9.02. The Bertz CT molecular complexity index is 1100. The van der Waals surface area contributed by atoms with Crippen LogP contribution in [0.25, 0.3) is 10.2 Å². The summed E-state index contributed by atoms with van der Waals surface area (Å²) in [5.74, 6) is 0. The summed E-state index contributed by atoms with van der Waals surface area (Å²) >= 11 is 1.82. The van der Waals surface area contributed by atoms with E-state index in [9.17, 15) is 0 Å². The summed E-state index contributed by atoms with van der Waals surface area (Å²) in [4.78, 5) is 5.07. The summed E-state index contributed by atoms with van der Waals surface area (Å²) in [5.41, 5.74) is 4.91. The van der Waals surface area contributed by atoms with E-state index in [1.54, 1.807) is 0 Å². The molecule has 1 aliphatic rings. The minimum Gasteiger partial charge on any atom is -0.375 e. The van der Waals surface area contributed by atoms with E-state index in [2.05, 4.69) is 84.2 Å². The average molecular weight is 451 g/mol. The number of hydrogen-bond acceptors (Lipinski definition) is 4. The van der Waals surface area contributed by atoms with Crippen molar-refractivity contribution >= 4 is 34.0 Å². The van der Waals surface area contributed by atoms with E-state index in [1.807, 2.05) is 11.3 Å². The maximum absolute atomic E-state index is 6.13. The van der Waals surface area contributed by atoms with E-state index in [0.29, 0.717) is 13.2 Å². The van der Waals surface area contributed by atoms with Crippen LogP contribution in [0.5, 0.6) is 0 Å². The highest BCUT2D eigenvalue weighted by atomic mass is 35.5. The van der Waals surface area contributed by atoms with Gasteiger partial charge >= 0.3 is 0 Å². The van der Waals surface area contributed by atoms with E-state index in [4.69, 9.17) is 9.72 Å². The molecule has 0 radical (unpaired) electrons. The number of halogens is 1. The van der Waals surface area contributed by atoms with E-state index in [0.717, 1.165) is 31.4 Å². The van der Waals surface area contributed by atoms with Crippen LogP contribution >= 0.6 is 23.7 Å². The molecule has 0 saturated heterocycles. The molecule has 0 saturated carbocycles. The van der Waals surface area contributed by atoms with Gasteiger partial charge in [0.05, 0.1) is 28.8 Å². The van der Waals surface area contributed by atoms with Crippen LogP contribution in [0, 0.1) is 0 Å². The highest BCUT2D eigenvalue weighted by Crippen LogP contribution is 2.44. The summed E-state index contributed by atoms with van der Waals surface area (Å²) in [6.07, 6.45) is 2.09. The van der Waals surface area contributed by atoms with Crippen molar-refractivity contribution in [3.63, 3.8) is 0 Å². The molecule has 5 rings (SSSR count). The van der Waals surface area contributed by atoms with Gasteiger partial charge in [0.1, 0.15) is 5.01 Å². The SMILES string of the molecule is Cl.c1ccc(CNCCCC2(c3nc4ccccc4s3)COCc3ccccc32)cc1. The number of fused-ring (bicyclic) bond motifs is 2. The summed E-state index contributed by atoms with van der Waals surface area (Å²) in [6, 6.07) is 27.8. The first-order valence-electron chi connectivity index (χ1n) is 10.6. The number of ether oxygens (including phenoxy) is 1. The number of nitrogens with one attached hydrogen (secondary N) is 1. The third kappa shape index (κ3) is 4.53. The summed E-state index contributed by atoms with van der Waals surface area (Å²) < 4.78 is 7.38. The fraction of sp³-hybridized carbons (Fsp3) is 0.269. The van der Waals surface area contributed by atoms with Gasteiger partial charge in [0, 0.05) is 6.54 Å². The molecule has 5 heteroatoms. The highest BCUT2D eigenvalue weighted by Gasteiger charge is 2.41. The van der Waals surface area contributed by atoms with Crippen molar-refractivity contribution < 1.29 is 4.74 Å². The first-order chi connectivity index (χ1) is 14.9. The van der Waals surface area contributed by atoms with Gasteiger partial charge in [0.2, 0.25) is 0 Å². The van der Waals surface area contributed by atoms with Gasteiger partial charge in [-0.15, -0.1) is 23.7 Å². The maximum Gasteiger partial charge on any atom is 0.107 e. The largest absolute Gasteiger partial charge is 0.375 e. The van der Waals surface area contributed by atoms with Gasteiger partial charge in [-0.05, 0) is 48.2 Å². The molecule has 1 atom stereocenters. The molecule has 1 aliphatic heterocycles. The summed E-state index contributed by atoms with van der Waals surface area (Å²) in [7, 11) is 0. The molecule has 160 valence electrons. The molecule has 0 amide bonds. The van der Waals surface area contributed by atoms with Crippen LogP contribution in [-0.2, 0) is 23.3 Å². The predicted octanol–water partition coefficient (Wildman–Crippen LogP) is 6.10. The molecule has 1 unspecified atom stereocenters. The normalized spacial score (nSPS) is 17.8. The molecule has 0 aliphatic carbocycles. The van der Waals surface area contributed by atoms with Crippen molar-refractivity contribution in [2.75, 3.05) is 13.2 Å². The zero-order valence-corrected chi connectivity index (χ0v) is 19.1. The van der Waals surface area contributed by atoms with Crippen LogP contribution in [0.2, 0.25) is 0 Å². The summed E-state index contributed by atoms with van der Waals surface area (Å²) in [6.45, 7) is 3.27. The van der Waals surface area contributed by atoms with Crippen LogP contribution in [0.1, 0.15) is 34.5 Å². The zero-order chi connectivity index (χ0) is 20.2. The minimum atomic E-state index is -0.174. The second-order valence-electron chi connectivity index (χ2n) is 7.98. The first kappa shape index (κ1) is 22.0. The lowest BCUT2D eigenvalue weighted by Crippen LogP contribution is -2.38. The van der Waals surface area contributed by atoms with Crippen molar-refractivity contribution in [1.29, 1.82) is 0 Å². The molecular formula is C26H27ClN2OS. The van der Waals surface area contributed by atoms with Gasteiger partial charge in [0.15, 0.2) is 0 Å². The Balaban J connectivity index is 0.00000231. The van der Waals surface area contributed by atoms with Crippen molar-refractivity contribution in [2.45, 2.75) is 31.4 Å². The smallest absolute Gasteiger partial charge is 0.107 e. The molecule has 2 heterocycles. The number of rotatable bonds is 7. The van der Waals surface area contributed by atoms with Crippen molar-refractivity contribution in [2.24, 2.45) is 0 Å². The maximum atomic E-state index is 6.13. The molecular weight excluding hydrogens is 424 g/mol. The van der Waals surface area contributed by atoms with Crippen LogP contribution in [0.15, 0.2) is 78.9 Å². The summed E-state index contributed by atoms with van der Waals surface area (Å²) in [5, 5.41) is 4.78. The van der Waals surface area contributed by atoms with Crippen LogP contribution in [0.3, 0.4) is 0 Å². The van der Waals surface area contributed by atoms with Crippen LogP contribution in [-0.4, -0.2) is 18.1 Å². The molecule has 0 bridgehead atoms. The predicted molar refractivity (Wildman–Crippen MR) is 131 cm³/mol. The van der Waals surface area contributed by atoms with Crippen molar-refractivity contribution in [3.8, 4) is 0 Å². The fourth-order valence-corrected chi connectivity index (χ4v) is 5.62. The lowest BCUT2D eigenvalue weighted by atomic mass is 9.74. The fourth-order valence-electron chi connectivity index (χ4n) is 4.44. The van der Waals surface area contributed by atoms with Crippen molar-refractivity contribution in [1.82, 2.24) is 10.3 Å². The lowest BCUT2D eigenvalue weighted by Gasteiger charge is -2.37. The van der Waals surface area contributed by atoms with Crippen LogP contribution in [0.4, 0.5) is 0 Å². The Morgan fingerprint density at radius 1 is 0.935 bits per heavy atom. The lowest BCUT2D eigenvalue weighted by molar-refractivity contribution is 0.0613. The Hall–Kier alpha value is -2.24. The third-order valence-corrected chi connectivity index (χ3v) is 7.21. The van der Waals surface area contributed by atoms with Gasteiger partial charge in [0.25, 0.3) is 0 Å². The minimum absolute atomic E-state index is 0. The number of aromatic nitrogens is 1.